The molecule has 1 heterocycles. The van der Waals surface area contributed by atoms with Crippen molar-refractivity contribution in [2.45, 2.75) is 17.5 Å². The molecule has 1 aliphatic rings. The second kappa shape index (κ2) is 6.78. The summed E-state index contributed by atoms with van der Waals surface area (Å²) in [5.74, 6) is 0. The van der Waals surface area contributed by atoms with Crippen LogP contribution in [0.4, 0.5) is 0 Å². The fourth-order valence-electron chi connectivity index (χ4n) is 4.66. The Kier molecular flexibility index (Phi) is 4.11. The van der Waals surface area contributed by atoms with Crippen molar-refractivity contribution >= 4 is 0 Å². The molecular formula is C27H23N. The van der Waals surface area contributed by atoms with Gasteiger partial charge in [0, 0.05) is 6.42 Å². The summed E-state index contributed by atoms with van der Waals surface area (Å²) < 4.78 is 0. The van der Waals surface area contributed by atoms with Gasteiger partial charge in [0.2, 0.25) is 0 Å². The van der Waals surface area contributed by atoms with E-state index in [1.165, 1.54) is 22.3 Å². The average Bonchev–Trinajstić information content (AvgIpc) is 2.76. The lowest BCUT2D eigenvalue weighted by Crippen LogP contribution is -2.68. The van der Waals surface area contributed by atoms with E-state index in [2.05, 4.69) is 127 Å². The van der Waals surface area contributed by atoms with Crippen molar-refractivity contribution < 1.29 is 0 Å². The Morgan fingerprint density at radius 3 is 0.821 bits per heavy atom. The normalized spacial score (nSPS) is 16.9. The van der Waals surface area contributed by atoms with Gasteiger partial charge in [-0.25, -0.2) is 0 Å². The predicted octanol–water partition coefficient (Wildman–Crippen LogP) is 5.87. The lowest BCUT2D eigenvalue weighted by molar-refractivity contribution is 0.104. The van der Waals surface area contributed by atoms with Crippen molar-refractivity contribution in [3.63, 3.8) is 0 Å². The van der Waals surface area contributed by atoms with E-state index in [1.54, 1.807) is 0 Å². The van der Waals surface area contributed by atoms with Gasteiger partial charge in [0.15, 0.2) is 0 Å². The van der Waals surface area contributed by atoms with Gasteiger partial charge < -0.3 is 0 Å². The Bertz CT molecular complexity index is 864. The number of hydrogen-bond acceptors (Lipinski definition) is 1. The molecule has 0 aliphatic carbocycles. The lowest BCUT2D eigenvalue weighted by Gasteiger charge is -2.59. The number of hydrogen-bond donors (Lipinski definition) is 1. The van der Waals surface area contributed by atoms with E-state index in [9.17, 15) is 0 Å². The number of nitrogens with one attached hydrogen (secondary N) is 1. The van der Waals surface area contributed by atoms with Crippen molar-refractivity contribution in [1.82, 2.24) is 5.32 Å². The van der Waals surface area contributed by atoms with E-state index in [4.69, 9.17) is 0 Å². The zero-order valence-corrected chi connectivity index (χ0v) is 15.8. The molecule has 1 nitrogen and oxygen atoms in total. The molecule has 0 spiro atoms. The molecule has 0 atom stereocenters. The Balaban J connectivity index is 1.67. The monoisotopic (exact) mass is 361 g/mol. The van der Waals surface area contributed by atoms with Crippen LogP contribution in [-0.2, 0) is 11.1 Å². The van der Waals surface area contributed by atoms with Gasteiger partial charge in [-0.3, -0.25) is 5.32 Å². The van der Waals surface area contributed by atoms with Crippen LogP contribution in [-0.4, -0.2) is 0 Å². The fourth-order valence-corrected chi connectivity index (χ4v) is 4.66. The van der Waals surface area contributed by atoms with E-state index in [0.717, 1.165) is 6.42 Å². The first-order valence-electron chi connectivity index (χ1n) is 9.85. The highest BCUT2D eigenvalue weighted by molar-refractivity contribution is 5.51. The lowest BCUT2D eigenvalue weighted by atomic mass is 9.60. The average molecular weight is 361 g/mol. The molecule has 1 saturated heterocycles. The van der Waals surface area contributed by atoms with Crippen molar-refractivity contribution in [3.05, 3.63) is 144 Å². The maximum atomic E-state index is 4.07. The third-order valence-corrected chi connectivity index (χ3v) is 6.02. The molecule has 1 fully saturated rings. The first kappa shape index (κ1) is 17.0. The van der Waals surface area contributed by atoms with Gasteiger partial charge in [-0.15, -0.1) is 0 Å². The summed E-state index contributed by atoms with van der Waals surface area (Å²) in [6.45, 7) is 0. The van der Waals surface area contributed by atoms with E-state index in [-0.39, 0.29) is 11.1 Å². The molecule has 0 bridgehead atoms. The minimum atomic E-state index is -0.200. The second-order valence-electron chi connectivity index (χ2n) is 7.58. The van der Waals surface area contributed by atoms with Crippen LogP contribution in [0.3, 0.4) is 0 Å². The summed E-state index contributed by atoms with van der Waals surface area (Å²) in [5.41, 5.74) is 4.84. The SMILES string of the molecule is c1ccc(C2(c3ccccc3)CC(c3ccccc3)(c3ccccc3)N2)cc1. The molecule has 0 amide bonds. The molecule has 0 unspecified atom stereocenters. The zero-order chi connectivity index (χ0) is 18.9. The third kappa shape index (κ3) is 2.59. The summed E-state index contributed by atoms with van der Waals surface area (Å²) in [4.78, 5) is 0. The van der Waals surface area contributed by atoms with Gasteiger partial charge in [0.25, 0.3) is 0 Å². The molecule has 5 rings (SSSR count). The maximum Gasteiger partial charge on any atom is 0.0724 e. The maximum absolute atomic E-state index is 4.07. The molecule has 4 aromatic carbocycles. The summed E-state index contributed by atoms with van der Waals surface area (Å²) in [6.07, 6.45) is 0.974. The summed E-state index contributed by atoms with van der Waals surface area (Å²) in [7, 11) is 0. The van der Waals surface area contributed by atoms with Crippen LogP contribution in [0.2, 0.25) is 0 Å². The first-order valence-corrected chi connectivity index (χ1v) is 9.85. The molecule has 136 valence electrons. The van der Waals surface area contributed by atoms with Gasteiger partial charge in [0.05, 0.1) is 11.1 Å². The topological polar surface area (TPSA) is 12.0 Å². The van der Waals surface area contributed by atoms with Gasteiger partial charge >= 0.3 is 0 Å². The Labute approximate surface area is 166 Å². The highest BCUT2D eigenvalue weighted by atomic mass is 15.2. The standard InChI is InChI=1S/C27H23N/c1-5-13-22(14-6-1)26(23-15-7-2-8-16-23)21-27(28-26,24-17-9-3-10-18-24)25-19-11-4-12-20-25/h1-20,28H,21H2. The third-order valence-electron chi connectivity index (χ3n) is 6.02. The quantitative estimate of drug-likeness (QED) is 0.479. The molecule has 28 heavy (non-hydrogen) atoms. The van der Waals surface area contributed by atoms with Crippen LogP contribution >= 0.6 is 0 Å². The Morgan fingerprint density at radius 2 is 0.607 bits per heavy atom. The van der Waals surface area contributed by atoms with Gasteiger partial charge in [-0.1, -0.05) is 121 Å². The van der Waals surface area contributed by atoms with E-state index < -0.39 is 0 Å². The second-order valence-corrected chi connectivity index (χ2v) is 7.58. The van der Waals surface area contributed by atoms with Crippen molar-refractivity contribution in [2.24, 2.45) is 0 Å². The first-order chi connectivity index (χ1) is 13.8. The number of benzene rings is 4. The fraction of sp³-hybridized carbons (Fsp3) is 0.111. The molecule has 1 N–H and O–H groups in total. The molecule has 0 radical (unpaired) electrons. The van der Waals surface area contributed by atoms with Crippen LogP contribution < -0.4 is 5.32 Å². The largest absolute Gasteiger partial charge is 0.290 e. The van der Waals surface area contributed by atoms with Crippen LogP contribution in [0.5, 0.6) is 0 Å². The van der Waals surface area contributed by atoms with Crippen molar-refractivity contribution in [2.75, 3.05) is 0 Å². The Morgan fingerprint density at radius 1 is 0.393 bits per heavy atom. The van der Waals surface area contributed by atoms with E-state index >= 15 is 0 Å². The smallest absolute Gasteiger partial charge is 0.0724 e. The molecule has 0 saturated carbocycles. The molecule has 1 heteroatoms. The minimum absolute atomic E-state index is 0.200. The molecular weight excluding hydrogens is 338 g/mol. The summed E-state index contributed by atoms with van der Waals surface area (Å²) >= 11 is 0. The molecule has 4 aromatic rings. The molecule has 0 aromatic heterocycles. The zero-order valence-electron chi connectivity index (χ0n) is 15.8. The van der Waals surface area contributed by atoms with Gasteiger partial charge in [-0.05, 0) is 22.3 Å². The van der Waals surface area contributed by atoms with Crippen LogP contribution in [0.15, 0.2) is 121 Å². The van der Waals surface area contributed by atoms with Crippen LogP contribution in [0, 0.1) is 0 Å². The Hall–Kier alpha value is -3.16. The van der Waals surface area contributed by atoms with E-state index in [0.29, 0.717) is 0 Å². The van der Waals surface area contributed by atoms with Gasteiger partial charge in [-0.2, -0.15) is 0 Å². The highest BCUT2D eigenvalue weighted by Gasteiger charge is 2.57. The predicted molar refractivity (Wildman–Crippen MR) is 115 cm³/mol. The summed E-state index contributed by atoms with van der Waals surface area (Å²) in [5, 5.41) is 4.07. The van der Waals surface area contributed by atoms with Crippen LogP contribution in [0.25, 0.3) is 0 Å². The number of rotatable bonds is 4. The molecule has 1 aliphatic heterocycles. The summed E-state index contributed by atoms with van der Waals surface area (Å²) in [6, 6.07) is 43.3. The highest BCUT2D eigenvalue weighted by Crippen LogP contribution is 2.54. The minimum Gasteiger partial charge on any atom is -0.290 e. The van der Waals surface area contributed by atoms with Crippen LogP contribution in [0.1, 0.15) is 28.7 Å². The van der Waals surface area contributed by atoms with E-state index in [1.807, 2.05) is 0 Å². The van der Waals surface area contributed by atoms with Gasteiger partial charge in [0.1, 0.15) is 0 Å². The van der Waals surface area contributed by atoms with Crippen molar-refractivity contribution in [3.8, 4) is 0 Å². The van der Waals surface area contributed by atoms with Crippen molar-refractivity contribution in [1.29, 1.82) is 0 Å².